The molecule has 0 radical (unpaired) electrons. The minimum atomic E-state index is 0.925. The normalized spacial score (nSPS) is 15.8. The smallest absolute Gasteiger partial charge is 0.108 e. The minimum Gasteiger partial charge on any atom is -0.310 e. The fraction of sp³-hybridized carbons (Fsp3) is 0.462. The molecule has 0 spiro atoms. The summed E-state index contributed by atoms with van der Waals surface area (Å²) >= 11 is 1.80. The average Bonchev–Trinajstić information content (AvgIpc) is 2.98. The molecule has 3 rings (SSSR count). The molecule has 1 heterocycles. The highest BCUT2D eigenvalue weighted by Gasteiger charge is 2.20. The molecule has 0 unspecified atom stereocenters. The van der Waals surface area contributed by atoms with Crippen molar-refractivity contribution in [1.82, 2.24) is 10.3 Å². The minimum absolute atomic E-state index is 0.925. The zero-order valence-electron chi connectivity index (χ0n) is 9.49. The Morgan fingerprint density at radius 3 is 3.12 bits per heavy atom. The third-order valence-corrected chi connectivity index (χ3v) is 4.03. The van der Waals surface area contributed by atoms with Gasteiger partial charge in [0.2, 0.25) is 0 Å². The van der Waals surface area contributed by atoms with E-state index in [4.69, 9.17) is 0 Å². The highest BCUT2D eigenvalue weighted by Crippen LogP contribution is 2.28. The summed E-state index contributed by atoms with van der Waals surface area (Å²) in [4.78, 5) is 4.65. The van der Waals surface area contributed by atoms with E-state index in [1.165, 1.54) is 28.1 Å². The first-order valence-electron chi connectivity index (χ1n) is 5.88. The molecule has 0 amide bonds. The molecule has 1 aromatic carbocycles. The predicted molar refractivity (Wildman–Crippen MR) is 68.8 cm³/mol. The van der Waals surface area contributed by atoms with Crippen LogP contribution in [0.4, 0.5) is 0 Å². The molecule has 2 nitrogen and oxygen atoms in total. The van der Waals surface area contributed by atoms with E-state index in [2.05, 4.69) is 35.4 Å². The lowest BCUT2D eigenvalue weighted by Gasteiger charge is -1.98. The van der Waals surface area contributed by atoms with E-state index in [1.807, 2.05) is 0 Å². The van der Waals surface area contributed by atoms with Gasteiger partial charge in [-0.1, -0.05) is 6.07 Å². The summed E-state index contributed by atoms with van der Waals surface area (Å²) in [5.74, 6) is 0.941. The van der Waals surface area contributed by atoms with Crippen LogP contribution in [0.3, 0.4) is 0 Å². The van der Waals surface area contributed by atoms with E-state index in [0.29, 0.717) is 0 Å². The molecule has 0 aliphatic heterocycles. The number of hydrogen-bond donors (Lipinski definition) is 1. The van der Waals surface area contributed by atoms with E-state index in [-0.39, 0.29) is 0 Å². The van der Waals surface area contributed by atoms with Crippen LogP contribution in [0.2, 0.25) is 0 Å². The van der Waals surface area contributed by atoms with Gasteiger partial charge in [-0.05, 0) is 49.9 Å². The van der Waals surface area contributed by atoms with Gasteiger partial charge >= 0.3 is 0 Å². The molecule has 2 aromatic rings. The van der Waals surface area contributed by atoms with Crippen molar-refractivity contribution in [3.05, 3.63) is 28.8 Å². The molecule has 1 N–H and O–H groups in total. The van der Waals surface area contributed by atoms with Gasteiger partial charge in [-0.3, -0.25) is 0 Å². The second-order valence-corrected chi connectivity index (χ2v) is 5.77. The standard InChI is InChI=1S/C13H16N2S/c1-9-2-5-12-11(6-9)15-13(16-12)8-14-7-10-3-4-10/h2,5-6,10,14H,3-4,7-8H2,1H3. The maximum Gasteiger partial charge on any atom is 0.108 e. The third kappa shape index (κ3) is 2.25. The highest BCUT2D eigenvalue weighted by atomic mass is 32.1. The zero-order valence-corrected chi connectivity index (χ0v) is 10.3. The van der Waals surface area contributed by atoms with Crippen LogP contribution in [0.15, 0.2) is 18.2 Å². The largest absolute Gasteiger partial charge is 0.310 e. The van der Waals surface area contributed by atoms with Crippen molar-refractivity contribution in [1.29, 1.82) is 0 Å². The molecule has 1 fully saturated rings. The topological polar surface area (TPSA) is 24.9 Å². The summed E-state index contributed by atoms with van der Waals surface area (Å²) < 4.78 is 1.30. The fourth-order valence-electron chi connectivity index (χ4n) is 1.87. The van der Waals surface area contributed by atoms with E-state index < -0.39 is 0 Å². The van der Waals surface area contributed by atoms with Crippen molar-refractivity contribution in [2.75, 3.05) is 6.54 Å². The number of nitrogens with zero attached hydrogens (tertiary/aromatic N) is 1. The Balaban J connectivity index is 1.71. The van der Waals surface area contributed by atoms with Gasteiger partial charge in [-0.2, -0.15) is 0 Å². The molecule has 1 saturated carbocycles. The van der Waals surface area contributed by atoms with E-state index in [0.717, 1.165) is 24.5 Å². The molecule has 16 heavy (non-hydrogen) atoms. The van der Waals surface area contributed by atoms with Crippen LogP contribution in [0.5, 0.6) is 0 Å². The van der Waals surface area contributed by atoms with Crippen LogP contribution >= 0.6 is 11.3 Å². The molecule has 1 aromatic heterocycles. The Labute approximate surface area is 99.7 Å². The van der Waals surface area contributed by atoms with Gasteiger partial charge in [0, 0.05) is 6.54 Å². The number of hydrogen-bond acceptors (Lipinski definition) is 3. The SMILES string of the molecule is Cc1ccc2sc(CNCC3CC3)nc2c1. The van der Waals surface area contributed by atoms with Crippen molar-refractivity contribution in [3.63, 3.8) is 0 Å². The molecule has 1 aliphatic rings. The molecule has 84 valence electrons. The Morgan fingerprint density at radius 2 is 2.31 bits per heavy atom. The average molecular weight is 232 g/mol. The third-order valence-electron chi connectivity index (χ3n) is 2.99. The van der Waals surface area contributed by atoms with Crippen molar-refractivity contribution in [3.8, 4) is 0 Å². The Kier molecular flexibility index (Phi) is 2.65. The quantitative estimate of drug-likeness (QED) is 0.876. The lowest BCUT2D eigenvalue weighted by molar-refractivity contribution is 0.637. The Hall–Kier alpha value is -0.930. The monoisotopic (exact) mass is 232 g/mol. The number of fused-ring (bicyclic) bond motifs is 1. The van der Waals surface area contributed by atoms with Crippen LogP contribution in [-0.4, -0.2) is 11.5 Å². The summed E-state index contributed by atoms with van der Waals surface area (Å²) in [5, 5.41) is 4.70. The summed E-state index contributed by atoms with van der Waals surface area (Å²) in [7, 11) is 0. The highest BCUT2D eigenvalue weighted by molar-refractivity contribution is 7.18. The van der Waals surface area contributed by atoms with Gasteiger partial charge in [-0.15, -0.1) is 11.3 Å². The van der Waals surface area contributed by atoms with Gasteiger partial charge in [0.05, 0.1) is 10.2 Å². The molecule has 1 aliphatic carbocycles. The van der Waals surface area contributed by atoms with Gasteiger partial charge in [0.1, 0.15) is 5.01 Å². The zero-order chi connectivity index (χ0) is 11.0. The lowest BCUT2D eigenvalue weighted by Crippen LogP contribution is -2.15. The maximum absolute atomic E-state index is 4.65. The maximum atomic E-state index is 4.65. The van der Waals surface area contributed by atoms with Crippen molar-refractivity contribution in [2.45, 2.75) is 26.3 Å². The first kappa shape index (κ1) is 10.2. The van der Waals surface area contributed by atoms with Crippen molar-refractivity contribution < 1.29 is 0 Å². The predicted octanol–water partition coefficient (Wildman–Crippen LogP) is 3.10. The lowest BCUT2D eigenvalue weighted by atomic mass is 10.2. The summed E-state index contributed by atoms with van der Waals surface area (Å²) in [6.07, 6.45) is 2.82. The fourth-order valence-corrected chi connectivity index (χ4v) is 2.78. The second kappa shape index (κ2) is 4.15. The molecule has 0 atom stereocenters. The Morgan fingerprint density at radius 1 is 1.44 bits per heavy atom. The molecular weight excluding hydrogens is 216 g/mol. The summed E-state index contributed by atoms with van der Waals surface area (Å²) in [6.45, 7) is 4.20. The second-order valence-electron chi connectivity index (χ2n) is 4.65. The van der Waals surface area contributed by atoms with Crippen LogP contribution in [0.1, 0.15) is 23.4 Å². The number of aromatic nitrogens is 1. The molecule has 3 heteroatoms. The molecular formula is C13H16N2S. The van der Waals surface area contributed by atoms with Gasteiger partial charge in [0.25, 0.3) is 0 Å². The van der Waals surface area contributed by atoms with E-state index >= 15 is 0 Å². The molecule has 0 bridgehead atoms. The van der Waals surface area contributed by atoms with Crippen LogP contribution in [0, 0.1) is 12.8 Å². The number of thiazole rings is 1. The van der Waals surface area contributed by atoms with Crippen LogP contribution in [-0.2, 0) is 6.54 Å². The first-order valence-corrected chi connectivity index (χ1v) is 6.70. The molecule has 0 saturated heterocycles. The summed E-state index contributed by atoms with van der Waals surface area (Å²) in [6, 6.07) is 6.49. The van der Waals surface area contributed by atoms with Gasteiger partial charge in [0.15, 0.2) is 0 Å². The van der Waals surface area contributed by atoms with Crippen molar-refractivity contribution in [2.24, 2.45) is 5.92 Å². The number of nitrogens with one attached hydrogen (secondary N) is 1. The number of benzene rings is 1. The Bertz CT molecular complexity index is 500. The summed E-state index contributed by atoms with van der Waals surface area (Å²) in [5.41, 5.74) is 2.43. The van der Waals surface area contributed by atoms with E-state index in [9.17, 15) is 0 Å². The van der Waals surface area contributed by atoms with Gasteiger partial charge < -0.3 is 5.32 Å². The van der Waals surface area contributed by atoms with Crippen molar-refractivity contribution >= 4 is 21.6 Å². The number of aryl methyl sites for hydroxylation is 1. The van der Waals surface area contributed by atoms with Crippen LogP contribution < -0.4 is 5.32 Å². The van der Waals surface area contributed by atoms with Crippen LogP contribution in [0.25, 0.3) is 10.2 Å². The van der Waals surface area contributed by atoms with Gasteiger partial charge in [-0.25, -0.2) is 4.98 Å². The number of rotatable bonds is 4. The first-order chi connectivity index (χ1) is 7.81. The van der Waals surface area contributed by atoms with E-state index in [1.54, 1.807) is 11.3 Å².